The summed E-state index contributed by atoms with van der Waals surface area (Å²) in [5.41, 5.74) is 5.28. The first kappa shape index (κ1) is 15.1. The Morgan fingerprint density at radius 2 is 1.36 bits per heavy atom. The van der Waals surface area contributed by atoms with E-state index < -0.39 is 0 Å². The van der Waals surface area contributed by atoms with Crippen LogP contribution in [0.5, 0.6) is 5.75 Å². The van der Waals surface area contributed by atoms with Gasteiger partial charge in [0, 0.05) is 0 Å². The van der Waals surface area contributed by atoms with Crippen LogP contribution in [-0.4, -0.2) is 7.11 Å². The number of rotatable bonds is 1. The molecular formula is C25H18O3. The number of hydrogen-bond donors (Lipinski definition) is 0. The molecule has 28 heavy (non-hydrogen) atoms. The van der Waals surface area contributed by atoms with Crippen LogP contribution in [0.15, 0.2) is 42.5 Å². The molecule has 0 aliphatic carbocycles. The smallest absolute Gasteiger partial charge is 0.120 e. The van der Waals surface area contributed by atoms with Gasteiger partial charge in [0.15, 0.2) is 0 Å². The Kier molecular flexibility index (Phi) is 2.77. The predicted molar refractivity (Wildman–Crippen MR) is 111 cm³/mol. The van der Waals surface area contributed by atoms with Crippen molar-refractivity contribution in [2.45, 2.75) is 26.4 Å². The first-order chi connectivity index (χ1) is 13.8. The van der Waals surface area contributed by atoms with Crippen LogP contribution in [0.4, 0.5) is 0 Å². The highest BCUT2D eigenvalue weighted by atomic mass is 16.5. The van der Waals surface area contributed by atoms with E-state index in [0.29, 0.717) is 26.4 Å². The molecule has 2 aliphatic rings. The molecule has 7 rings (SSSR count). The third kappa shape index (κ3) is 1.72. The van der Waals surface area contributed by atoms with E-state index in [1.807, 2.05) is 0 Å². The molecular weight excluding hydrogens is 348 g/mol. The summed E-state index contributed by atoms with van der Waals surface area (Å²) in [5, 5.41) is 10.5. The first-order valence-corrected chi connectivity index (χ1v) is 9.73. The molecule has 136 valence electrons. The van der Waals surface area contributed by atoms with Crippen molar-refractivity contribution in [3.63, 3.8) is 0 Å². The van der Waals surface area contributed by atoms with Gasteiger partial charge in [0.2, 0.25) is 0 Å². The highest BCUT2D eigenvalue weighted by molar-refractivity contribution is 6.34. The Bertz CT molecular complexity index is 1450. The number of benzene rings is 5. The fourth-order valence-electron chi connectivity index (χ4n) is 5.40. The zero-order chi connectivity index (χ0) is 18.4. The van der Waals surface area contributed by atoms with Crippen LogP contribution in [0, 0.1) is 0 Å². The van der Waals surface area contributed by atoms with E-state index in [1.165, 1.54) is 65.3 Å². The second-order valence-corrected chi connectivity index (χ2v) is 7.94. The summed E-state index contributed by atoms with van der Waals surface area (Å²) in [6, 6.07) is 15.6. The van der Waals surface area contributed by atoms with Gasteiger partial charge in [-0.2, -0.15) is 0 Å². The van der Waals surface area contributed by atoms with Gasteiger partial charge in [0.1, 0.15) is 5.75 Å². The monoisotopic (exact) mass is 366 g/mol. The van der Waals surface area contributed by atoms with Gasteiger partial charge in [-0.1, -0.05) is 18.2 Å². The summed E-state index contributed by atoms with van der Waals surface area (Å²) in [4.78, 5) is 0. The summed E-state index contributed by atoms with van der Waals surface area (Å²) in [7, 11) is 1.75. The van der Waals surface area contributed by atoms with Gasteiger partial charge < -0.3 is 14.2 Å². The molecule has 0 radical (unpaired) electrons. The number of fused-ring (bicyclic) bond motifs is 6. The summed E-state index contributed by atoms with van der Waals surface area (Å²) in [5.74, 6) is 0.899. The SMILES string of the molecule is COc1cc2cc3c(c4c5cccc6cc7c(c(c(c1)c24)c65)COC7)COC3. The molecule has 0 atom stereocenters. The summed E-state index contributed by atoms with van der Waals surface area (Å²) >= 11 is 0. The summed E-state index contributed by atoms with van der Waals surface area (Å²) in [6.07, 6.45) is 0. The Labute approximate surface area is 161 Å². The maximum atomic E-state index is 5.86. The fraction of sp³-hybridized carbons (Fsp3) is 0.200. The number of ether oxygens (including phenoxy) is 3. The third-order valence-electron chi connectivity index (χ3n) is 6.56. The van der Waals surface area contributed by atoms with Crippen LogP contribution >= 0.6 is 0 Å². The minimum atomic E-state index is 0.678. The van der Waals surface area contributed by atoms with Crippen molar-refractivity contribution >= 4 is 43.1 Å². The van der Waals surface area contributed by atoms with E-state index in [1.54, 1.807) is 7.11 Å². The van der Waals surface area contributed by atoms with Crippen molar-refractivity contribution < 1.29 is 14.2 Å². The molecule has 0 unspecified atom stereocenters. The molecule has 2 aliphatic heterocycles. The van der Waals surface area contributed by atoms with E-state index in [-0.39, 0.29) is 0 Å². The molecule has 0 aromatic heterocycles. The molecule has 5 aromatic rings. The highest BCUT2D eigenvalue weighted by Gasteiger charge is 2.25. The average Bonchev–Trinajstić information content (AvgIpc) is 3.38. The van der Waals surface area contributed by atoms with Crippen LogP contribution < -0.4 is 4.74 Å². The highest BCUT2D eigenvalue weighted by Crippen LogP contribution is 2.47. The van der Waals surface area contributed by atoms with Gasteiger partial charge in [0.05, 0.1) is 33.5 Å². The van der Waals surface area contributed by atoms with Gasteiger partial charge >= 0.3 is 0 Å². The van der Waals surface area contributed by atoms with Gasteiger partial charge in [0.25, 0.3) is 0 Å². The molecule has 0 saturated carbocycles. The van der Waals surface area contributed by atoms with Crippen LogP contribution in [0.3, 0.4) is 0 Å². The second kappa shape index (κ2) is 5.13. The molecule has 5 aromatic carbocycles. The lowest BCUT2D eigenvalue weighted by Gasteiger charge is -2.19. The Morgan fingerprint density at radius 1 is 0.679 bits per heavy atom. The van der Waals surface area contributed by atoms with Crippen molar-refractivity contribution in [3.8, 4) is 5.75 Å². The first-order valence-electron chi connectivity index (χ1n) is 9.73. The van der Waals surface area contributed by atoms with Crippen LogP contribution in [0.1, 0.15) is 22.3 Å². The molecule has 0 bridgehead atoms. The van der Waals surface area contributed by atoms with Gasteiger partial charge in [-0.05, 0) is 89.6 Å². The van der Waals surface area contributed by atoms with Crippen LogP contribution in [0.2, 0.25) is 0 Å². The van der Waals surface area contributed by atoms with E-state index in [4.69, 9.17) is 14.2 Å². The maximum Gasteiger partial charge on any atom is 0.120 e. The Balaban J connectivity index is 1.88. The average molecular weight is 366 g/mol. The lowest BCUT2D eigenvalue weighted by Crippen LogP contribution is -1.96. The van der Waals surface area contributed by atoms with E-state index in [9.17, 15) is 0 Å². The van der Waals surface area contributed by atoms with Crippen LogP contribution in [-0.2, 0) is 35.9 Å². The normalized spacial score (nSPS) is 15.9. The molecule has 3 nitrogen and oxygen atoms in total. The van der Waals surface area contributed by atoms with Crippen LogP contribution in [0.25, 0.3) is 43.1 Å². The summed E-state index contributed by atoms with van der Waals surface area (Å²) in [6.45, 7) is 2.75. The molecule has 0 amide bonds. The zero-order valence-corrected chi connectivity index (χ0v) is 15.6. The standard InChI is InChI=1S/C25H18O3/c1-26-17-7-14-6-16-10-28-11-20(16)24-18-4-2-3-13-5-15-9-27-12-21(15)25(22(13)18)19(8-17)23(14)24/h2-8H,9-12H2,1H3. The van der Waals surface area contributed by atoms with E-state index >= 15 is 0 Å². The van der Waals surface area contributed by atoms with Crippen molar-refractivity contribution in [1.29, 1.82) is 0 Å². The number of hydrogen-bond acceptors (Lipinski definition) is 3. The fourth-order valence-corrected chi connectivity index (χ4v) is 5.40. The van der Waals surface area contributed by atoms with Crippen molar-refractivity contribution in [1.82, 2.24) is 0 Å². The van der Waals surface area contributed by atoms with Gasteiger partial charge in [-0.25, -0.2) is 0 Å². The molecule has 0 fully saturated rings. The second-order valence-electron chi connectivity index (χ2n) is 7.94. The van der Waals surface area contributed by atoms with E-state index in [2.05, 4.69) is 42.5 Å². The number of methoxy groups -OCH3 is 1. The minimum Gasteiger partial charge on any atom is -0.497 e. The Hall–Kier alpha value is -2.88. The third-order valence-corrected chi connectivity index (χ3v) is 6.56. The predicted octanol–water partition coefficient (Wildman–Crippen LogP) is 5.81. The topological polar surface area (TPSA) is 27.7 Å². The molecule has 0 saturated heterocycles. The molecule has 0 spiro atoms. The zero-order valence-electron chi connectivity index (χ0n) is 15.6. The lowest BCUT2D eigenvalue weighted by molar-refractivity contribution is 0.135. The molecule has 0 N–H and O–H groups in total. The lowest BCUT2D eigenvalue weighted by atomic mass is 9.84. The van der Waals surface area contributed by atoms with E-state index in [0.717, 1.165) is 5.75 Å². The van der Waals surface area contributed by atoms with Gasteiger partial charge in [-0.15, -0.1) is 0 Å². The van der Waals surface area contributed by atoms with Crippen molar-refractivity contribution in [3.05, 3.63) is 64.7 Å². The largest absolute Gasteiger partial charge is 0.497 e. The maximum absolute atomic E-state index is 5.86. The van der Waals surface area contributed by atoms with Crippen molar-refractivity contribution in [2.24, 2.45) is 0 Å². The minimum absolute atomic E-state index is 0.678. The molecule has 3 heteroatoms. The summed E-state index contributed by atoms with van der Waals surface area (Å²) < 4.78 is 17.4. The molecule has 2 heterocycles. The quantitative estimate of drug-likeness (QED) is 0.277. The Morgan fingerprint density at radius 3 is 2.11 bits per heavy atom. The van der Waals surface area contributed by atoms with Gasteiger partial charge in [-0.3, -0.25) is 0 Å². The van der Waals surface area contributed by atoms with Crippen molar-refractivity contribution in [2.75, 3.05) is 7.11 Å².